The molecule has 1 aromatic heterocycles. The van der Waals surface area contributed by atoms with E-state index < -0.39 is 0 Å². The van der Waals surface area contributed by atoms with E-state index in [1.54, 1.807) is 12.1 Å². The first-order valence-corrected chi connectivity index (χ1v) is 7.20. The maximum Gasteiger partial charge on any atom is 0.261 e. The van der Waals surface area contributed by atoms with Crippen LogP contribution in [0.25, 0.3) is 0 Å². The van der Waals surface area contributed by atoms with E-state index in [2.05, 4.69) is 17.2 Å². The quantitative estimate of drug-likeness (QED) is 0.822. The highest BCUT2D eigenvalue weighted by molar-refractivity contribution is 7.14. The largest absolute Gasteiger partial charge is 0.384 e. The van der Waals surface area contributed by atoms with Crippen LogP contribution >= 0.6 is 11.3 Å². The van der Waals surface area contributed by atoms with Crippen molar-refractivity contribution in [3.05, 3.63) is 21.9 Å². The molecule has 1 amide bonds. The molecule has 1 fully saturated rings. The standard InChI is InChI=1S/C14H17NO3S/c16-8-3-5-12-6-7-13(19-12)14(17)15-10-11-4-1-2-9-18-11/h6-7,11,16H,1-2,4,8-10H2,(H,15,17). The van der Waals surface area contributed by atoms with Crippen molar-refractivity contribution in [2.75, 3.05) is 19.8 Å². The van der Waals surface area contributed by atoms with Crippen LogP contribution < -0.4 is 5.32 Å². The lowest BCUT2D eigenvalue weighted by Gasteiger charge is -2.22. The normalized spacial score (nSPS) is 18.5. The van der Waals surface area contributed by atoms with Crippen molar-refractivity contribution in [3.8, 4) is 11.8 Å². The van der Waals surface area contributed by atoms with Crippen molar-refractivity contribution in [1.82, 2.24) is 5.32 Å². The van der Waals surface area contributed by atoms with Gasteiger partial charge in [0.25, 0.3) is 5.91 Å². The summed E-state index contributed by atoms with van der Waals surface area (Å²) in [6.07, 6.45) is 3.44. The Morgan fingerprint density at radius 3 is 3.16 bits per heavy atom. The molecule has 0 spiro atoms. The molecule has 19 heavy (non-hydrogen) atoms. The van der Waals surface area contributed by atoms with Gasteiger partial charge in [-0.3, -0.25) is 4.79 Å². The number of ether oxygens (including phenoxy) is 1. The average molecular weight is 279 g/mol. The summed E-state index contributed by atoms with van der Waals surface area (Å²) in [5.41, 5.74) is 0. The molecule has 102 valence electrons. The zero-order valence-corrected chi connectivity index (χ0v) is 11.5. The molecule has 4 nitrogen and oxygen atoms in total. The molecule has 1 aliphatic heterocycles. The van der Waals surface area contributed by atoms with Gasteiger partial charge in [-0.15, -0.1) is 11.3 Å². The Balaban J connectivity index is 1.83. The van der Waals surface area contributed by atoms with Gasteiger partial charge in [-0.25, -0.2) is 0 Å². The summed E-state index contributed by atoms with van der Waals surface area (Å²) in [5.74, 6) is 5.27. The number of hydrogen-bond donors (Lipinski definition) is 2. The summed E-state index contributed by atoms with van der Waals surface area (Å²) in [6.45, 7) is 1.19. The molecule has 5 heteroatoms. The van der Waals surface area contributed by atoms with Gasteiger partial charge in [0, 0.05) is 13.2 Å². The molecule has 2 rings (SSSR count). The zero-order valence-electron chi connectivity index (χ0n) is 10.6. The molecule has 0 aliphatic carbocycles. The van der Waals surface area contributed by atoms with Crippen LogP contribution in [0.1, 0.15) is 33.8 Å². The monoisotopic (exact) mass is 279 g/mol. The van der Waals surface area contributed by atoms with E-state index in [0.29, 0.717) is 11.4 Å². The summed E-state index contributed by atoms with van der Waals surface area (Å²) in [4.78, 5) is 13.3. The molecule has 0 saturated carbocycles. The molecule has 1 aromatic rings. The van der Waals surface area contributed by atoms with Crippen molar-refractivity contribution in [2.24, 2.45) is 0 Å². The summed E-state index contributed by atoms with van der Waals surface area (Å²) < 4.78 is 5.56. The van der Waals surface area contributed by atoms with Gasteiger partial charge in [0.15, 0.2) is 0 Å². The first-order chi connectivity index (χ1) is 9.29. The van der Waals surface area contributed by atoms with E-state index in [0.717, 1.165) is 24.3 Å². The number of rotatable bonds is 3. The van der Waals surface area contributed by atoms with Crippen molar-refractivity contribution < 1.29 is 14.6 Å². The van der Waals surface area contributed by atoms with Gasteiger partial charge in [0.05, 0.1) is 15.9 Å². The molecular weight excluding hydrogens is 262 g/mol. The predicted octanol–water partition coefficient (Wildman–Crippen LogP) is 1.39. The van der Waals surface area contributed by atoms with Crippen LogP contribution in [0.4, 0.5) is 0 Å². The molecule has 1 saturated heterocycles. The summed E-state index contributed by atoms with van der Waals surface area (Å²) >= 11 is 1.33. The topological polar surface area (TPSA) is 58.6 Å². The van der Waals surface area contributed by atoms with Gasteiger partial charge in [-0.1, -0.05) is 11.8 Å². The first kappa shape index (κ1) is 14.1. The van der Waals surface area contributed by atoms with E-state index in [-0.39, 0.29) is 18.6 Å². The maximum atomic E-state index is 11.9. The second-order valence-corrected chi connectivity index (χ2v) is 5.41. The first-order valence-electron chi connectivity index (χ1n) is 6.39. The Morgan fingerprint density at radius 2 is 2.42 bits per heavy atom. The molecule has 2 heterocycles. The van der Waals surface area contributed by atoms with E-state index in [4.69, 9.17) is 9.84 Å². The minimum Gasteiger partial charge on any atom is -0.384 e. The van der Waals surface area contributed by atoms with Crippen LogP contribution in [0.15, 0.2) is 12.1 Å². The molecule has 1 unspecified atom stereocenters. The minimum absolute atomic E-state index is 0.0868. The fraction of sp³-hybridized carbons (Fsp3) is 0.500. The fourth-order valence-corrected chi connectivity index (χ4v) is 2.71. The van der Waals surface area contributed by atoms with Crippen molar-refractivity contribution in [1.29, 1.82) is 0 Å². The Morgan fingerprint density at radius 1 is 1.53 bits per heavy atom. The lowest BCUT2D eigenvalue weighted by Crippen LogP contribution is -2.35. The molecule has 0 radical (unpaired) electrons. The highest BCUT2D eigenvalue weighted by atomic mass is 32.1. The van der Waals surface area contributed by atoms with E-state index in [1.807, 2.05) is 0 Å². The van der Waals surface area contributed by atoms with Crippen LogP contribution in [0.3, 0.4) is 0 Å². The van der Waals surface area contributed by atoms with Crippen LogP contribution in [0.5, 0.6) is 0 Å². The fourth-order valence-electron chi connectivity index (χ4n) is 1.92. The van der Waals surface area contributed by atoms with Crippen LogP contribution in [0.2, 0.25) is 0 Å². The van der Waals surface area contributed by atoms with Gasteiger partial charge >= 0.3 is 0 Å². The van der Waals surface area contributed by atoms with Crippen LogP contribution in [-0.2, 0) is 4.74 Å². The molecule has 1 atom stereocenters. The Bertz CT molecular complexity index is 480. The molecule has 0 aromatic carbocycles. The summed E-state index contributed by atoms with van der Waals surface area (Å²) in [7, 11) is 0. The number of nitrogens with one attached hydrogen (secondary N) is 1. The minimum atomic E-state index is -0.168. The van der Waals surface area contributed by atoms with Crippen molar-refractivity contribution in [2.45, 2.75) is 25.4 Å². The third kappa shape index (κ3) is 4.35. The molecule has 0 bridgehead atoms. The third-order valence-corrected chi connectivity index (χ3v) is 3.88. The average Bonchev–Trinajstić information content (AvgIpc) is 2.92. The molecular formula is C14H17NO3S. The highest BCUT2D eigenvalue weighted by Gasteiger charge is 2.15. The van der Waals surface area contributed by atoms with Crippen LogP contribution in [0, 0.1) is 11.8 Å². The Labute approximate surface area is 116 Å². The maximum absolute atomic E-state index is 11.9. The van der Waals surface area contributed by atoms with Gasteiger partial charge in [-0.2, -0.15) is 0 Å². The molecule has 1 aliphatic rings. The van der Waals surface area contributed by atoms with Gasteiger partial charge in [0.2, 0.25) is 0 Å². The van der Waals surface area contributed by atoms with Crippen molar-refractivity contribution in [3.63, 3.8) is 0 Å². The molecule has 2 N–H and O–H groups in total. The van der Waals surface area contributed by atoms with E-state index in [9.17, 15) is 4.79 Å². The van der Waals surface area contributed by atoms with Gasteiger partial charge in [0.1, 0.15) is 6.61 Å². The number of carbonyl (C=O) groups excluding carboxylic acids is 1. The predicted molar refractivity (Wildman–Crippen MR) is 74.2 cm³/mol. The Kier molecular flexibility index (Phi) is 5.40. The number of carbonyl (C=O) groups is 1. The third-order valence-electron chi connectivity index (χ3n) is 2.88. The lowest BCUT2D eigenvalue weighted by molar-refractivity contribution is 0.0169. The number of thiophene rings is 1. The lowest BCUT2D eigenvalue weighted by atomic mass is 10.1. The van der Waals surface area contributed by atoms with Gasteiger partial charge < -0.3 is 15.2 Å². The highest BCUT2D eigenvalue weighted by Crippen LogP contribution is 2.16. The smallest absolute Gasteiger partial charge is 0.261 e. The SMILES string of the molecule is O=C(NCC1CCCCO1)c1ccc(C#CCO)s1. The van der Waals surface area contributed by atoms with Crippen molar-refractivity contribution >= 4 is 17.2 Å². The van der Waals surface area contributed by atoms with Gasteiger partial charge in [-0.05, 0) is 31.4 Å². The zero-order chi connectivity index (χ0) is 13.5. The van der Waals surface area contributed by atoms with E-state index >= 15 is 0 Å². The number of amides is 1. The number of aliphatic hydroxyl groups is 1. The summed E-state index contributed by atoms with van der Waals surface area (Å²) in [6, 6.07) is 3.54. The Hall–Kier alpha value is -1.35. The number of aliphatic hydroxyl groups excluding tert-OH is 1. The second kappa shape index (κ2) is 7.29. The second-order valence-electron chi connectivity index (χ2n) is 4.32. The van der Waals surface area contributed by atoms with Crippen LogP contribution in [-0.4, -0.2) is 36.9 Å². The van der Waals surface area contributed by atoms with E-state index in [1.165, 1.54) is 17.8 Å². The summed E-state index contributed by atoms with van der Waals surface area (Å²) in [5, 5.41) is 11.5. The number of hydrogen-bond acceptors (Lipinski definition) is 4.